The molecule has 19 heavy (non-hydrogen) atoms. The number of benzene rings is 2. The van der Waals surface area contributed by atoms with Crippen LogP contribution in [0.1, 0.15) is 12.5 Å². The highest BCUT2D eigenvalue weighted by atomic mass is 127. The van der Waals surface area contributed by atoms with Gasteiger partial charge in [0.25, 0.3) is 0 Å². The van der Waals surface area contributed by atoms with Crippen molar-refractivity contribution in [2.75, 3.05) is 0 Å². The number of hydrogen-bond donors (Lipinski definition) is 2. The van der Waals surface area contributed by atoms with E-state index in [0.717, 1.165) is 26.6 Å². The van der Waals surface area contributed by atoms with Crippen LogP contribution in [0.25, 0.3) is 22.4 Å². The molecule has 2 N–H and O–H groups in total. The number of H-pyrrole nitrogens is 1. The number of aromatic amines is 1. The van der Waals surface area contributed by atoms with E-state index in [0.29, 0.717) is 5.82 Å². The van der Waals surface area contributed by atoms with Crippen molar-refractivity contribution in [3.63, 3.8) is 0 Å². The Morgan fingerprint density at radius 1 is 1.21 bits per heavy atom. The molecule has 0 saturated carbocycles. The third-order valence-electron chi connectivity index (χ3n) is 3.17. The second-order valence-corrected chi connectivity index (χ2v) is 5.70. The van der Waals surface area contributed by atoms with Gasteiger partial charge in [-0.3, -0.25) is 0 Å². The molecule has 0 aliphatic heterocycles. The van der Waals surface area contributed by atoms with Crippen LogP contribution < -0.4 is 0 Å². The number of aromatic nitrogens is 2. The Labute approximate surface area is 124 Å². The van der Waals surface area contributed by atoms with Gasteiger partial charge in [0.2, 0.25) is 0 Å². The minimum Gasteiger partial charge on any atom is -0.507 e. The lowest BCUT2D eigenvalue weighted by molar-refractivity contribution is 0.477. The summed E-state index contributed by atoms with van der Waals surface area (Å²) in [5.41, 5.74) is 3.94. The first-order chi connectivity index (χ1) is 9.17. The summed E-state index contributed by atoms with van der Waals surface area (Å²) in [6.45, 7) is 2.13. The Morgan fingerprint density at radius 2 is 2.05 bits per heavy atom. The number of phenolic OH excluding ortho intramolecular Hbond substituents is 1. The van der Waals surface area contributed by atoms with Crippen molar-refractivity contribution in [1.29, 1.82) is 0 Å². The predicted octanol–water partition coefficient (Wildman–Crippen LogP) is 4.10. The average Bonchev–Trinajstić information content (AvgIpc) is 2.83. The number of imidazole rings is 1. The zero-order valence-corrected chi connectivity index (χ0v) is 12.6. The minimum absolute atomic E-state index is 0.246. The summed E-state index contributed by atoms with van der Waals surface area (Å²) in [5.74, 6) is 0.953. The van der Waals surface area contributed by atoms with Crippen LogP contribution in [0.3, 0.4) is 0 Å². The lowest BCUT2D eigenvalue weighted by atomic mass is 10.1. The molecule has 0 aliphatic carbocycles. The second kappa shape index (κ2) is 4.85. The largest absolute Gasteiger partial charge is 0.507 e. The van der Waals surface area contributed by atoms with E-state index in [9.17, 15) is 5.11 Å². The van der Waals surface area contributed by atoms with E-state index in [1.54, 1.807) is 6.07 Å². The summed E-state index contributed by atoms with van der Waals surface area (Å²) in [7, 11) is 0. The average molecular weight is 364 g/mol. The first-order valence-electron chi connectivity index (χ1n) is 6.15. The van der Waals surface area contributed by atoms with Crippen molar-refractivity contribution in [3.05, 3.63) is 45.5 Å². The molecule has 0 fully saturated rings. The fourth-order valence-electron chi connectivity index (χ4n) is 2.10. The topological polar surface area (TPSA) is 48.9 Å². The lowest BCUT2D eigenvalue weighted by Gasteiger charge is -2.01. The Balaban J connectivity index is 2.17. The summed E-state index contributed by atoms with van der Waals surface area (Å²) in [4.78, 5) is 7.82. The van der Waals surface area contributed by atoms with Gasteiger partial charge < -0.3 is 10.1 Å². The van der Waals surface area contributed by atoms with E-state index >= 15 is 0 Å². The molecule has 96 valence electrons. The van der Waals surface area contributed by atoms with E-state index < -0.39 is 0 Å². The third-order valence-corrected chi connectivity index (χ3v) is 3.84. The second-order valence-electron chi connectivity index (χ2n) is 4.45. The first kappa shape index (κ1) is 12.5. The summed E-state index contributed by atoms with van der Waals surface area (Å²) in [6, 6.07) is 11.7. The van der Waals surface area contributed by atoms with Crippen LogP contribution in [-0.4, -0.2) is 15.1 Å². The standard InChI is InChI=1S/C15H13IN2O/c1-2-9-3-5-12-13(7-9)18-15(17-12)11-8-10(16)4-6-14(11)19/h3-8,19H,2H2,1H3,(H,17,18). The van der Waals surface area contributed by atoms with Gasteiger partial charge in [0, 0.05) is 3.57 Å². The molecule has 0 amide bonds. The molecule has 3 nitrogen and oxygen atoms in total. The molecule has 0 atom stereocenters. The normalized spacial score (nSPS) is 11.1. The maximum atomic E-state index is 9.95. The summed E-state index contributed by atoms with van der Waals surface area (Å²) in [5, 5.41) is 9.95. The van der Waals surface area contributed by atoms with Gasteiger partial charge in [-0.15, -0.1) is 0 Å². The molecule has 2 aromatic carbocycles. The Morgan fingerprint density at radius 3 is 2.84 bits per heavy atom. The van der Waals surface area contributed by atoms with Crippen LogP contribution in [0, 0.1) is 3.57 Å². The van der Waals surface area contributed by atoms with Gasteiger partial charge in [-0.05, 0) is 64.9 Å². The Kier molecular flexibility index (Phi) is 3.18. The van der Waals surface area contributed by atoms with Gasteiger partial charge in [-0.2, -0.15) is 0 Å². The number of hydrogen-bond acceptors (Lipinski definition) is 2. The number of aryl methyl sites for hydroxylation is 1. The zero-order valence-electron chi connectivity index (χ0n) is 10.4. The fraction of sp³-hybridized carbons (Fsp3) is 0.133. The lowest BCUT2D eigenvalue weighted by Crippen LogP contribution is -1.83. The van der Waals surface area contributed by atoms with Crippen molar-refractivity contribution in [3.8, 4) is 17.1 Å². The number of fused-ring (bicyclic) bond motifs is 1. The molecule has 4 heteroatoms. The predicted molar refractivity (Wildman–Crippen MR) is 85.3 cm³/mol. The van der Waals surface area contributed by atoms with Crippen LogP contribution in [0.15, 0.2) is 36.4 Å². The molecule has 3 aromatic rings. The van der Waals surface area contributed by atoms with E-state index in [1.807, 2.05) is 18.2 Å². The molecule has 0 aliphatic rings. The van der Waals surface area contributed by atoms with Crippen molar-refractivity contribution in [1.82, 2.24) is 9.97 Å². The summed E-state index contributed by atoms with van der Waals surface area (Å²) < 4.78 is 1.07. The maximum Gasteiger partial charge on any atom is 0.142 e. The van der Waals surface area contributed by atoms with Crippen LogP contribution >= 0.6 is 22.6 Å². The number of nitrogens with zero attached hydrogens (tertiary/aromatic N) is 1. The van der Waals surface area contributed by atoms with Crippen LogP contribution in [0.5, 0.6) is 5.75 Å². The molecular formula is C15H13IN2O. The van der Waals surface area contributed by atoms with Crippen LogP contribution in [-0.2, 0) is 6.42 Å². The van der Waals surface area contributed by atoms with Gasteiger partial charge in [-0.25, -0.2) is 4.98 Å². The maximum absolute atomic E-state index is 9.95. The van der Waals surface area contributed by atoms with Gasteiger partial charge in [0.1, 0.15) is 11.6 Å². The molecule has 0 radical (unpaired) electrons. The molecular weight excluding hydrogens is 351 g/mol. The highest BCUT2D eigenvalue weighted by molar-refractivity contribution is 14.1. The molecule has 1 aromatic heterocycles. The smallest absolute Gasteiger partial charge is 0.142 e. The molecule has 0 saturated heterocycles. The Hall–Kier alpha value is -1.56. The van der Waals surface area contributed by atoms with Crippen LogP contribution in [0.4, 0.5) is 0 Å². The molecule has 0 unspecified atom stereocenters. The number of halogens is 1. The molecule has 3 rings (SSSR count). The van der Waals surface area contributed by atoms with Gasteiger partial charge in [0.15, 0.2) is 0 Å². The van der Waals surface area contributed by atoms with Gasteiger partial charge in [-0.1, -0.05) is 13.0 Å². The zero-order chi connectivity index (χ0) is 13.4. The molecule has 1 heterocycles. The number of phenols is 1. The number of aromatic hydroxyl groups is 1. The number of rotatable bonds is 2. The van der Waals surface area contributed by atoms with Crippen molar-refractivity contribution in [2.24, 2.45) is 0 Å². The first-order valence-corrected chi connectivity index (χ1v) is 7.23. The quantitative estimate of drug-likeness (QED) is 0.673. The Bertz CT molecular complexity index is 749. The van der Waals surface area contributed by atoms with Gasteiger partial charge in [0.05, 0.1) is 16.6 Å². The monoisotopic (exact) mass is 364 g/mol. The molecule has 0 bridgehead atoms. The minimum atomic E-state index is 0.246. The van der Waals surface area contributed by atoms with Crippen molar-refractivity contribution in [2.45, 2.75) is 13.3 Å². The third kappa shape index (κ3) is 2.32. The van der Waals surface area contributed by atoms with E-state index in [4.69, 9.17) is 0 Å². The highest BCUT2D eigenvalue weighted by Crippen LogP contribution is 2.30. The van der Waals surface area contributed by atoms with Crippen LogP contribution in [0.2, 0.25) is 0 Å². The van der Waals surface area contributed by atoms with E-state index in [2.05, 4.69) is 51.6 Å². The van der Waals surface area contributed by atoms with Gasteiger partial charge >= 0.3 is 0 Å². The van der Waals surface area contributed by atoms with E-state index in [-0.39, 0.29) is 5.75 Å². The van der Waals surface area contributed by atoms with Crippen molar-refractivity contribution >= 4 is 33.6 Å². The SMILES string of the molecule is CCc1ccc2nc(-c3cc(I)ccc3O)[nH]c2c1. The highest BCUT2D eigenvalue weighted by Gasteiger charge is 2.10. The summed E-state index contributed by atoms with van der Waals surface area (Å²) >= 11 is 2.23. The van der Waals surface area contributed by atoms with E-state index in [1.165, 1.54) is 5.56 Å². The van der Waals surface area contributed by atoms with Crippen molar-refractivity contribution < 1.29 is 5.11 Å². The molecule has 0 spiro atoms. The summed E-state index contributed by atoms with van der Waals surface area (Å²) in [6.07, 6.45) is 0.999. The number of nitrogens with one attached hydrogen (secondary N) is 1. The fourth-order valence-corrected chi connectivity index (χ4v) is 2.59.